The Hall–Kier alpha value is -2.17. The number of hydrogen-bond donors (Lipinski definition) is 1. The summed E-state index contributed by atoms with van der Waals surface area (Å²) in [6, 6.07) is 0. The second-order valence-electron chi connectivity index (χ2n) is 7.04. The zero-order chi connectivity index (χ0) is 19.7. The van der Waals surface area contributed by atoms with Gasteiger partial charge in [-0.3, -0.25) is 4.79 Å². The van der Waals surface area contributed by atoms with E-state index in [1.165, 1.54) is 18.3 Å². The van der Waals surface area contributed by atoms with Crippen LogP contribution in [0.4, 0.5) is 5.13 Å². The third-order valence-electron chi connectivity index (χ3n) is 4.72. The van der Waals surface area contributed by atoms with E-state index >= 15 is 0 Å². The van der Waals surface area contributed by atoms with Crippen LogP contribution in [0.1, 0.15) is 48.1 Å². The quantitative estimate of drug-likeness (QED) is 0.679. The molecule has 28 heavy (non-hydrogen) atoms. The van der Waals surface area contributed by atoms with Gasteiger partial charge >= 0.3 is 0 Å². The molecule has 0 radical (unpaired) electrons. The highest BCUT2D eigenvalue weighted by Crippen LogP contribution is 2.34. The Morgan fingerprint density at radius 1 is 1.32 bits per heavy atom. The van der Waals surface area contributed by atoms with Crippen LogP contribution in [0.15, 0.2) is 9.90 Å². The molecular weight excluding hydrogens is 396 g/mol. The molecular formula is C18H22N6O2S2. The van der Waals surface area contributed by atoms with Gasteiger partial charge in [0, 0.05) is 18.2 Å². The maximum absolute atomic E-state index is 11.2. The van der Waals surface area contributed by atoms with Crippen LogP contribution < -0.4 is 5.32 Å². The normalized spacial score (nSPS) is 15.8. The smallest absolute Gasteiger partial charge is 0.229 e. The lowest BCUT2D eigenvalue weighted by molar-refractivity contribution is -0.114. The molecule has 1 amide bonds. The largest absolute Gasteiger partial charge is 0.339 e. The van der Waals surface area contributed by atoms with Crippen molar-refractivity contribution in [1.82, 2.24) is 25.0 Å². The van der Waals surface area contributed by atoms with Gasteiger partial charge in [0.05, 0.1) is 22.7 Å². The molecule has 3 aromatic rings. The van der Waals surface area contributed by atoms with Gasteiger partial charge in [0.25, 0.3) is 0 Å². The van der Waals surface area contributed by atoms with Crippen LogP contribution in [0.2, 0.25) is 0 Å². The fraction of sp³-hybridized carbons (Fsp3) is 0.500. The van der Waals surface area contributed by atoms with Gasteiger partial charge in [-0.2, -0.15) is 4.98 Å². The molecule has 148 valence electrons. The molecule has 1 fully saturated rings. The lowest BCUT2D eigenvalue weighted by Gasteiger charge is -2.26. The number of thiazole rings is 2. The van der Waals surface area contributed by atoms with Crippen LogP contribution >= 0.6 is 22.7 Å². The standard InChI is InChI=1S/C18H22N6O2S2/c1-10-16(28-18(19-10)20-11(2)25)13-9-27-15(21-13)8-14-22-17(26-23-14)12-4-6-24(3)7-5-12/h9,12H,4-8H2,1-3H3,(H,19,20,25). The molecule has 1 aliphatic heterocycles. The number of nitrogens with zero attached hydrogens (tertiary/aromatic N) is 5. The Morgan fingerprint density at radius 3 is 2.86 bits per heavy atom. The molecule has 4 rings (SSSR count). The van der Waals surface area contributed by atoms with Gasteiger partial charge in [0.15, 0.2) is 11.0 Å². The first-order valence-electron chi connectivity index (χ1n) is 9.18. The van der Waals surface area contributed by atoms with E-state index in [1.54, 1.807) is 11.3 Å². The molecule has 0 spiro atoms. The molecule has 0 bridgehead atoms. The summed E-state index contributed by atoms with van der Waals surface area (Å²) >= 11 is 3.00. The Kier molecular flexibility index (Phi) is 5.51. The van der Waals surface area contributed by atoms with Crippen molar-refractivity contribution in [3.05, 3.63) is 27.8 Å². The Balaban J connectivity index is 1.44. The summed E-state index contributed by atoms with van der Waals surface area (Å²) in [6.45, 7) is 5.52. The van der Waals surface area contributed by atoms with Crippen molar-refractivity contribution in [2.24, 2.45) is 0 Å². The third-order valence-corrected chi connectivity index (χ3v) is 6.67. The molecule has 1 saturated heterocycles. The molecule has 0 unspecified atom stereocenters. The highest BCUT2D eigenvalue weighted by molar-refractivity contribution is 7.19. The van der Waals surface area contributed by atoms with Crippen molar-refractivity contribution in [2.75, 3.05) is 25.5 Å². The van der Waals surface area contributed by atoms with Crippen LogP contribution in [-0.4, -0.2) is 51.1 Å². The van der Waals surface area contributed by atoms with Crippen LogP contribution in [0.3, 0.4) is 0 Å². The van der Waals surface area contributed by atoms with Crippen molar-refractivity contribution in [1.29, 1.82) is 0 Å². The molecule has 3 aromatic heterocycles. The van der Waals surface area contributed by atoms with Gasteiger partial charge in [-0.25, -0.2) is 9.97 Å². The van der Waals surface area contributed by atoms with E-state index in [0.29, 0.717) is 23.3 Å². The molecule has 0 atom stereocenters. The number of aromatic nitrogens is 4. The topological polar surface area (TPSA) is 97.0 Å². The Labute approximate surface area is 171 Å². The van der Waals surface area contributed by atoms with Crippen molar-refractivity contribution < 1.29 is 9.32 Å². The molecule has 8 nitrogen and oxygen atoms in total. The zero-order valence-corrected chi connectivity index (χ0v) is 17.7. The number of aryl methyl sites for hydroxylation is 1. The number of likely N-dealkylation sites (tertiary alicyclic amines) is 1. The molecule has 1 aliphatic rings. The molecule has 10 heteroatoms. The number of hydrogen-bond acceptors (Lipinski definition) is 9. The molecule has 0 aromatic carbocycles. The van der Waals surface area contributed by atoms with Crippen LogP contribution in [-0.2, 0) is 11.2 Å². The molecule has 1 N–H and O–H groups in total. The van der Waals surface area contributed by atoms with Gasteiger partial charge in [-0.1, -0.05) is 16.5 Å². The summed E-state index contributed by atoms with van der Waals surface area (Å²) in [4.78, 5) is 28.2. The van der Waals surface area contributed by atoms with Crippen LogP contribution in [0.5, 0.6) is 0 Å². The van der Waals surface area contributed by atoms with E-state index in [9.17, 15) is 4.79 Å². The number of piperidine rings is 1. The van der Waals surface area contributed by atoms with E-state index < -0.39 is 0 Å². The Morgan fingerprint density at radius 2 is 2.11 bits per heavy atom. The summed E-state index contributed by atoms with van der Waals surface area (Å²) in [5.74, 6) is 1.65. The zero-order valence-electron chi connectivity index (χ0n) is 16.1. The number of amides is 1. The first kappa shape index (κ1) is 19.2. The van der Waals surface area contributed by atoms with E-state index in [-0.39, 0.29) is 5.91 Å². The summed E-state index contributed by atoms with van der Waals surface area (Å²) in [5, 5.41) is 10.4. The predicted molar refractivity (Wildman–Crippen MR) is 109 cm³/mol. The van der Waals surface area contributed by atoms with Gasteiger partial charge in [0.2, 0.25) is 11.8 Å². The highest BCUT2D eigenvalue weighted by atomic mass is 32.1. The van der Waals surface area contributed by atoms with Gasteiger partial charge in [-0.05, 0) is 39.9 Å². The van der Waals surface area contributed by atoms with Gasteiger partial charge in [-0.15, -0.1) is 11.3 Å². The minimum Gasteiger partial charge on any atom is -0.339 e. The van der Waals surface area contributed by atoms with Crippen LogP contribution in [0.25, 0.3) is 10.6 Å². The lowest BCUT2D eigenvalue weighted by Crippen LogP contribution is -2.29. The minimum absolute atomic E-state index is 0.128. The van der Waals surface area contributed by atoms with E-state index in [4.69, 9.17) is 9.51 Å². The van der Waals surface area contributed by atoms with Crippen LogP contribution in [0, 0.1) is 6.92 Å². The van der Waals surface area contributed by atoms with Gasteiger partial charge < -0.3 is 14.7 Å². The number of anilines is 1. The first-order chi connectivity index (χ1) is 13.5. The SMILES string of the molecule is CC(=O)Nc1nc(C)c(-c2csc(Cc3noc(C4CCN(C)CC4)n3)n2)s1. The maximum atomic E-state index is 11.2. The first-order valence-corrected chi connectivity index (χ1v) is 10.9. The van der Waals surface area contributed by atoms with E-state index in [1.807, 2.05) is 12.3 Å². The predicted octanol–water partition coefficient (Wildman–Crippen LogP) is 3.32. The fourth-order valence-corrected chi connectivity index (χ4v) is 5.06. The average molecular weight is 419 g/mol. The Bertz CT molecular complexity index is 971. The van der Waals surface area contributed by atoms with E-state index in [2.05, 4.69) is 32.4 Å². The number of rotatable bonds is 5. The van der Waals surface area contributed by atoms with Crippen molar-refractivity contribution in [2.45, 2.75) is 39.0 Å². The second kappa shape index (κ2) is 8.06. The molecule has 0 aliphatic carbocycles. The summed E-state index contributed by atoms with van der Waals surface area (Å²) < 4.78 is 5.51. The molecule has 4 heterocycles. The fourth-order valence-electron chi connectivity index (χ4n) is 3.23. The number of carbonyl (C=O) groups is 1. The molecule has 0 saturated carbocycles. The summed E-state index contributed by atoms with van der Waals surface area (Å²) in [7, 11) is 2.14. The monoisotopic (exact) mass is 418 g/mol. The third kappa shape index (κ3) is 4.29. The number of nitrogens with one attached hydrogen (secondary N) is 1. The summed E-state index contributed by atoms with van der Waals surface area (Å²) in [5.41, 5.74) is 1.72. The van der Waals surface area contributed by atoms with Crippen molar-refractivity contribution in [3.63, 3.8) is 0 Å². The van der Waals surface area contributed by atoms with Crippen molar-refractivity contribution in [3.8, 4) is 10.6 Å². The summed E-state index contributed by atoms with van der Waals surface area (Å²) in [6.07, 6.45) is 2.67. The lowest BCUT2D eigenvalue weighted by atomic mass is 9.97. The second-order valence-corrected chi connectivity index (χ2v) is 8.99. The van der Waals surface area contributed by atoms with Crippen molar-refractivity contribution >= 4 is 33.7 Å². The average Bonchev–Trinajstić information content (AvgIpc) is 3.36. The van der Waals surface area contributed by atoms with E-state index in [0.717, 1.165) is 53.1 Å². The highest BCUT2D eigenvalue weighted by Gasteiger charge is 2.24. The van der Waals surface area contributed by atoms with Gasteiger partial charge in [0.1, 0.15) is 5.01 Å². The minimum atomic E-state index is -0.128. The number of carbonyl (C=O) groups excluding carboxylic acids is 1. The maximum Gasteiger partial charge on any atom is 0.229 e.